The van der Waals surface area contributed by atoms with Crippen molar-refractivity contribution in [2.75, 3.05) is 13.7 Å². The summed E-state index contributed by atoms with van der Waals surface area (Å²) in [6, 6.07) is 11.6. The van der Waals surface area contributed by atoms with E-state index in [2.05, 4.69) is 22.4 Å². The van der Waals surface area contributed by atoms with Gasteiger partial charge in [-0.1, -0.05) is 48.5 Å². The van der Waals surface area contributed by atoms with Gasteiger partial charge in [0.25, 0.3) is 0 Å². The summed E-state index contributed by atoms with van der Waals surface area (Å²) in [7, 11) is 1.39. The topological polar surface area (TPSA) is 83.9 Å². The predicted molar refractivity (Wildman–Crippen MR) is 139 cm³/mol. The van der Waals surface area contributed by atoms with Crippen molar-refractivity contribution >= 4 is 28.8 Å². The summed E-state index contributed by atoms with van der Waals surface area (Å²) >= 11 is 1.48. The minimum atomic E-state index is -0.409. The first kappa shape index (κ1) is 24.7. The maximum Gasteiger partial charge on any atom is 0.338 e. The van der Waals surface area contributed by atoms with Crippen molar-refractivity contribution in [1.82, 2.24) is 15.2 Å². The number of methoxy groups -OCH3 is 1. The number of allylic oxidation sites excluding steroid dienone is 1. The Bertz CT molecular complexity index is 1220. The molecule has 2 aromatic rings. The number of aromatic nitrogens is 1. The van der Waals surface area contributed by atoms with Crippen molar-refractivity contribution in [3.63, 3.8) is 0 Å². The number of carbonyl (C=O) groups excluding carboxylic acids is 2. The fourth-order valence-electron chi connectivity index (χ4n) is 4.44. The third-order valence-electron chi connectivity index (χ3n) is 6.12. The Morgan fingerprint density at radius 3 is 2.71 bits per heavy atom. The lowest BCUT2D eigenvalue weighted by molar-refractivity contribution is -0.136. The first-order chi connectivity index (χ1) is 16.9. The molecule has 0 aliphatic carbocycles. The fraction of sp³-hybridized carbons (Fsp3) is 0.333. The summed E-state index contributed by atoms with van der Waals surface area (Å²) in [5.41, 5.74) is 6.20. The van der Waals surface area contributed by atoms with Crippen LogP contribution in [0, 0.1) is 13.8 Å². The van der Waals surface area contributed by atoms with Gasteiger partial charge in [0.05, 0.1) is 30.8 Å². The second kappa shape index (κ2) is 10.9. The van der Waals surface area contributed by atoms with Gasteiger partial charge in [-0.3, -0.25) is 9.78 Å². The summed E-state index contributed by atoms with van der Waals surface area (Å²) in [6.45, 7) is 6.58. The molecule has 1 aromatic heterocycles. The van der Waals surface area contributed by atoms with Crippen molar-refractivity contribution in [3.05, 3.63) is 87.4 Å². The number of nitrogens with one attached hydrogen (secondary N) is 1. The Morgan fingerprint density at radius 1 is 1.20 bits per heavy atom. The number of carbonyl (C=O) groups is 2. The van der Waals surface area contributed by atoms with Gasteiger partial charge in [0.2, 0.25) is 5.91 Å². The minimum absolute atomic E-state index is 0.0849. The lowest BCUT2D eigenvalue weighted by atomic mass is 9.89. The highest BCUT2D eigenvalue weighted by molar-refractivity contribution is 8.16. The standard InChI is InChI=1S/C27H30N4O3S/c1-5-22-24(26(33)34-4)25(21-10-9-17(2)14-18(21)3)31-20(16-35-27(31)30-22)15-23(32)29-13-11-19-8-6-7-12-28-19/h6-10,12,14,16,25H,5,11,13,15H2,1-4H3,(H,29,32)/t25-/m0/s1. The van der Waals surface area contributed by atoms with Crippen molar-refractivity contribution in [2.24, 2.45) is 4.99 Å². The molecule has 0 bridgehead atoms. The van der Waals surface area contributed by atoms with Gasteiger partial charge in [-0.05, 0) is 48.9 Å². The molecule has 182 valence electrons. The van der Waals surface area contributed by atoms with Crippen molar-refractivity contribution in [3.8, 4) is 0 Å². The number of nitrogens with zero attached hydrogens (tertiary/aromatic N) is 3. The molecule has 0 saturated heterocycles. The molecule has 2 aliphatic rings. The highest BCUT2D eigenvalue weighted by atomic mass is 32.2. The van der Waals surface area contributed by atoms with Gasteiger partial charge >= 0.3 is 5.97 Å². The lowest BCUT2D eigenvalue weighted by Crippen LogP contribution is -2.38. The Hall–Kier alpha value is -3.39. The number of hydrogen-bond donors (Lipinski definition) is 1. The third-order valence-corrected chi connectivity index (χ3v) is 7.01. The second-order valence-electron chi connectivity index (χ2n) is 8.56. The Balaban J connectivity index is 1.60. The van der Waals surface area contributed by atoms with E-state index in [0.717, 1.165) is 38.9 Å². The van der Waals surface area contributed by atoms with Crippen LogP contribution < -0.4 is 5.32 Å². The summed E-state index contributed by atoms with van der Waals surface area (Å²) in [5.74, 6) is -0.482. The van der Waals surface area contributed by atoms with Crippen molar-refractivity contribution in [1.29, 1.82) is 0 Å². The second-order valence-corrected chi connectivity index (χ2v) is 9.39. The van der Waals surface area contributed by atoms with Crippen LogP contribution in [0.25, 0.3) is 0 Å². The molecule has 8 heteroatoms. The molecular weight excluding hydrogens is 460 g/mol. The number of amides is 1. The molecule has 3 heterocycles. The number of esters is 1. The first-order valence-electron chi connectivity index (χ1n) is 11.7. The molecular formula is C27H30N4O3S. The highest BCUT2D eigenvalue weighted by Gasteiger charge is 2.41. The van der Waals surface area contributed by atoms with Crippen LogP contribution in [-0.4, -0.2) is 40.6 Å². The average Bonchev–Trinajstić information content (AvgIpc) is 3.25. The van der Waals surface area contributed by atoms with Gasteiger partial charge in [0.1, 0.15) is 0 Å². The molecule has 0 radical (unpaired) electrons. The quantitative estimate of drug-likeness (QED) is 0.545. The average molecular weight is 491 g/mol. The molecule has 4 rings (SSSR count). The van der Waals surface area contributed by atoms with Crippen LogP contribution in [0.2, 0.25) is 0 Å². The zero-order chi connectivity index (χ0) is 24.9. The zero-order valence-corrected chi connectivity index (χ0v) is 21.3. The number of rotatable bonds is 8. The number of pyridine rings is 1. The molecule has 0 saturated carbocycles. The number of aliphatic imine (C=N–C) groups is 1. The Labute approximate surface area is 210 Å². The lowest BCUT2D eigenvalue weighted by Gasteiger charge is -2.37. The van der Waals surface area contributed by atoms with E-state index in [0.29, 0.717) is 25.0 Å². The van der Waals surface area contributed by atoms with E-state index in [1.165, 1.54) is 18.9 Å². The Kier molecular flexibility index (Phi) is 7.70. The van der Waals surface area contributed by atoms with E-state index in [9.17, 15) is 9.59 Å². The van der Waals surface area contributed by atoms with Gasteiger partial charge < -0.3 is 15.0 Å². The number of ether oxygens (including phenoxy) is 1. The van der Waals surface area contributed by atoms with Crippen LogP contribution in [0.1, 0.15) is 48.2 Å². The molecule has 1 amide bonds. The van der Waals surface area contributed by atoms with Gasteiger partial charge in [-0.25, -0.2) is 9.79 Å². The largest absolute Gasteiger partial charge is 0.466 e. The van der Waals surface area contributed by atoms with Crippen LogP contribution >= 0.6 is 11.8 Å². The number of aryl methyl sites for hydroxylation is 2. The molecule has 1 N–H and O–H groups in total. The van der Waals surface area contributed by atoms with Crippen LogP contribution in [0.15, 0.2) is 70.0 Å². The molecule has 1 atom stereocenters. The molecule has 0 spiro atoms. The van der Waals surface area contributed by atoms with Crippen LogP contribution in [0.4, 0.5) is 0 Å². The maximum atomic E-state index is 13.0. The van der Waals surface area contributed by atoms with Crippen molar-refractivity contribution < 1.29 is 14.3 Å². The van der Waals surface area contributed by atoms with Crippen LogP contribution in [-0.2, 0) is 20.7 Å². The minimum Gasteiger partial charge on any atom is -0.466 e. The molecule has 1 aromatic carbocycles. The molecule has 0 fully saturated rings. The SMILES string of the molecule is CCC1=C(C(=O)OC)[C@H](c2ccc(C)cc2C)N2C(CC(=O)NCCc3ccccn3)=CSC2=N1. The normalized spacial score (nSPS) is 17.0. The van der Waals surface area contributed by atoms with Gasteiger partial charge in [0.15, 0.2) is 5.17 Å². The predicted octanol–water partition coefficient (Wildman–Crippen LogP) is 4.59. The first-order valence-corrected chi connectivity index (χ1v) is 12.6. The van der Waals surface area contributed by atoms with Crippen LogP contribution in [0.5, 0.6) is 0 Å². The maximum absolute atomic E-state index is 13.0. The van der Waals surface area contributed by atoms with Gasteiger partial charge in [0, 0.05) is 30.6 Å². The van der Waals surface area contributed by atoms with E-state index in [-0.39, 0.29) is 12.3 Å². The number of hydrogen-bond acceptors (Lipinski definition) is 7. The monoisotopic (exact) mass is 490 g/mol. The summed E-state index contributed by atoms with van der Waals surface area (Å²) in [4.78, 5) is 37.0. The Morgan fingerprint density at radius 2 is 2.03 bits per heavy atom. The number of fused-ring (bicyclic) bond motifs is 1. The van der Waals surface area contributed by atoms with Crippen molar-refractivity contribution in [2.45, 2.75) is 46.1 Å². The van der Waals surface area contributed by atoms with Crippen LogP contribution in [0.3, 0.4) is 0 Å². The number of amidine groups is 1. The third kappa shape index (κ3) is 5.32. The molecule has 2 aliphatic heterocycles. The van der Waals surface area contributed by atoms with Gasteiger partial charge in [-0.2, -0.15) is 0 Å². The zero-order valence-electron chi connectivity index (χ0n) is 20.5. The number of thioether (sulfide) groups is 1. The summed E-state index contributed by atoms with van der Waals surface area (Å²) < 4.78 is 5.19. The number of benzene rings is 1. The van der Waals surface area contributed by atoms with E-state index >= 15 is 0 Å². The van der Waals surface area contributed by atoms with E-state index in [4.69, 9.17) is 9.73 Å². The molecule has 7 nitrogen and oxygen atoms in total. The summed E-state index contributed by atoms with van der Waals surface area (Å²) in [6.07, 6.45) is 3.20. The fourth-order valence-corrected chi connectivity index (χ4v) is 5.38. The smallest absolute Gasteiger partial charge is 0.338 e. The van der Waals surface area contributed by atoms with E-state index in [1.54, 1.807) is 6.20 Å². The molecule has 35 heavy (non-hydrogen) atoms. The van der Waals surface area contributed by atoms with E-state index < -0.39 is 12.0 Å². The summed E-state index contributed by atoms with van der Waals surface area (Å²) in [5, 5.41) is 5.73. The van der Waals surface area contributed by atoms with Gasteiger partial charge in [-0.15, -0.1) is 0 Å². The van der Waals surface area contributed by atoms with E-state index in [1.807, 2.05) is 55.3 Å². The highest BCUT2D eigenvalue weighted by Crippen LogP contribution is 2.46. The molecule has 0 unspecified atom stereocenters.